The van der Waals surface area contributed by atoms with Crippen LogP contribution < -0.4 is 0 Å². The summed E-state index contributed by atoms with van der Waals surface area (Å²) in [4.78, 5) is 32.8. The molecule has 2 amide bonds. The van der Waals surface area contributed by atoms with Gasteiger partial charge in [-0.3, -0.25) is 9.59 Å². The zero-order valence-electron chi connectivity index (χ0n) is 7.40. The molecule has 1 atom stereocenters. The average Bonchev–Trinajstić information content (AvgIpc) is 2.26. The van der Waals surface area contributed by atoms with Gasteiger partial charge in [0.2, 0.25) is 11.8 Å². The van der Waals surface area contributed by atoms with Crippen LogP contribution >= 0.6 is 0 Å². The van der Waals surface area contributed by atoms with Gasteiger partial charge < -0.3 is 5.11 Å². The van der Waals surface area contributed by atoms with E-state index in [4.69, 9.17) is 5.11 Å². The van der Waals surface area contributed by atoms with Crippen molar-refractivity contribution in [3.05, 3.63) is 0 Å². The standard InChI is InChI=1S/C8H10FNO4/c9-7(8(13)14)10-5(11)3-1-2-4-6(10)12/h7H,1-4H2,(H,13,14). The van der Waals surface area contributed by atoms with Crippen molar-refractivity contribution in [3.8, 4) is 0 Å². The smallest absolute Gasteiger partial charge is 0.360 e. The summed E-state index contributed by atoms with van der Waals surface area (Å²) < 4.78 is 13.0. The summed E-state index contributed by atoms with van der Waals surface area (Å²) in [5, 5.41) is 8.34. The highest BCUT2D eigenvalue weighted by Gasteiger charge is 2.35. The number of hydrogen-bond acceptors (Lipinski definition) is 3. The van der Waals surface area contributed by atoms with Crippen LogP contribution in [0.15, 0.2) is 0 Å². The predicted molar refractivity (Wildman–Crippen MR) is 42.9 cm³/mol. The summed E-state index contributed by atoms with van der Waals surface area (Å²) in [5.74, 6) is -3.31. The van der Waals surface area contributed by atoms with E-state index in [1.165, 1.54) is 0 Å². The average molecular weight is 203 g/mol. The molecule has 6 heteroatoms. The number of imide groups is 1. The van der Waals surface area contributed by atoms with E-state index in [0.29, 0.717) is 12.8 Å². The molecule has 5 nitrogen and oxygen atoms in total. The van der Waals surface area contributed by atoms with Crippen LogP contribution in [-0.2, 0) is 14.4 Å². The molecule has 78 valence electrons. The third-order valence-electron chi connectivity index (χ3n) is 2.00. The Bertz CT molecular complexity index is 261. The normalized spacial score (nSPS) is 20.5. The van der Waals surface area contributed by atoms with Gasteiger partial charge in [-0.05, 0) is 12.8 Å². The number of amides is 2. The summed E-state index contributed by atoms with van der Waals surface area (Å²) in [5.41, 5.74) is 0. The molecule has 0 spiro atoms. The quantitative estimate of drug-likeness (QED) is 0.517. The number of halogens is 1. The van der Waals surface area contributed by atoms with Crippen LogP contribution in [0.1, 0.15) is 25.7 Å². The van der Waals surface area contributed by atoms with Crippen LogP contribution in [0.2, 0.25) is 0 Å². The SMILES string of the molecule is O=C(O)C(F)N1C(=O)CCCCC1=O. The number of likely N-dealkylation sites (tertiary alicyclic amines) is 1. The Labute approximate surface area is 79.5 Å². The summed E-state index contributed by atoms with van der Waals surface area (Å²) >= 11 is 0. The van der Waals surface area contributed by atoms with E-state index in [0.717, 1.165) is 0 Å². The summed E-state index contributed by atoms with van der Waals surface area (Å²) in [6, 6.07) is 0. The zero-order chi connectivity index (χ0) is 10.7. The lowest BCUT2D eigenvalue weighted by molar-refractivity contribution is -0.164. The lowest BCUT2D eigenvalue weighted by Crippen LogP contribution is -2.45. The molecular formula is C8H10FNO4. The van der Waals surface area contributed by atoms with Gasteiger partial charge in [-0.2, -0.15) is 0 Å². The number of carboxylic acid groups (broad SMARTS) is 1. The maximum atomic E-state index is 13.0. The first-order chi connectivity index (χ1) is 6.54. The van der Waals surface area contributed by atoms with E-state index in [-0.39, 0.29) is 17.7 Å². The van der Waals surface area contributed by atoms with Crippen LogP contribution in [0.4, 0.5) is 4.39 Å². The van der Waals surface area contributed by atoms with Gasteiger partial charge in [-0.25, -0.2) is 14.1 Å². The highest BCUT2D eigenvalue weighted by molar-refractivity contribution is 5.99. The number of carbonyl (C=O) groups excluding carboxylic acids is 2. The molecule has 0 saturated carbocycles. The highest BCUT2D eigenvalue weighted by Crippen LogP contribution is 2.16. The van der Waals surface area contributed by atoms with E-state index in [1.54, 1.807) is 0 Å². The maximum absolute atomic E-state index is 13.0. The topological polar surface area (TPSA) is 74.7 Å². The first-order valence-corrected chi connectivity index (χ1v) is 4.26. The monoisotopic (exact) mass is 203 g/mol. The maximum Gasteiger partial charge on any atom is 0.360 e. The van der Waals surface area contributed by atoms with Crippen molar-refractivity contribution in [3.63, 3.8) is 0 Å². The molecule has 1 unspecified atom stereocenters. The van der Waals surface area contributed by atoms with Crippen molar-refractivity contribution in [2.24, 2.45) is 0 Å². The Hall–Kier alpha value is -1.46. The van der Waals surface area contributed by atoms with E-state index in [1.807, 2.05) is 0 Å². The van der Waals surface area contributed by atoms with Gasteiger partial charge in [-0.15, -0.1) is 0 Å². The predicted octanol–water partition coefficient (Wildman–Crippen LogP) is 0.296. The van der Waals surface area contributed by atoms with Gasteiger partial charge in [0, 0.05) is 12.8 Å². The molecule has 0 aromatic rings. The van der Waals surface area contributed by atoms with Crippen molar-refractivity contribution in [2.45, 2.75) is 32.0 Å². The van der Waals surface area contributed by atoms with E-state index >= 15 is 0 Å². The fourth-order valence-corrected chi connectivity index (χ4v) is 1.30. The number of alkyl halides is 1. The van der Waals surface area contributed by atoms with Crippen molar-refractivity contribution < 1.29 is 23.9 Å². The Balaban J connectivity index is 2.84. The first-order valence-electron chi connectivity index (χ1n) is 4.26. The lowest BCUT2D eigenvalue weighted by Gasteiger charge is -2.19. The number of carbonyl (C=O) groups is 3. The van der Waals surface area contributed by atoms with Gasteiger partial charge in [0.05, 0.1) is 0 Å². The second-order valence-electron chi connectivity index (χ2n) is 3.04. The second kappa shape index (κ2) is 4.17. The van der Waals surface area contributed by atoms with E-state index in [9.17, 15) is 18.8 Å². The van der Waals surface area contributed by atoms with Gasteiger partial charge in [0.15, 0.2) is 0 Å². The second-order valence-corrected chi connectivity index (χ2v) is 3.04. The number of nitrogens with zero attached hydrogens (tertiary/aromatic N) is 1. The van der Waals surface area contributed by atoms with Gasteiger partial charge in [0.1, 0.15) is 0 Å². The Kier molecular flexibility index (Phi) is 3.16. The van der Waals surface area contributed by atoms with Gasteiger partial charge in [-0.1, -0.05) is 0 Å². The molecule has 1 heterocycles. The molecule has 0 aliphatic carbocycles. The molecular weight excluding hydrogens is 193 g/mol. The minimum atomic E-state index is -2.55. The number of rotatable bonds is 2. The molecule has 0 radical (unpaired) electrons. The van der Waals surface area contributed by atoms with Crippen molar-refractivity contribution in [2.75, 3.05) is 0 Å². The Morgan fingerprint density at radius 1 is 1.29 bits per heavy atom. The van der Waals surface area contributed by atoms with Crippen molar-refractivity contribution >= 4 is 17.8 Å². The molecule has 14 heavy (non-hydrogen) atoms. The fourth-order valence-electron chi connectivity index (χ4n) is 1.30. The van der Waals surface area contributed by atoms with E-state index < -0.39 is 24.1 Å². The summed E-state index contributed by atoms with van der Waals surface area (Å²) in [7, 11) is 0. The van der Waals surface area contributed by atoms with Gasteiger partial charge >= 0.3 is 5.97 Å². The Morgan fingerprint density at radius 2 is 1.71 bits per heavy atom. The molecule has 1 aliphatic heterocycles. The van der Waals surface area contributed by atoms with Crippen LogP contribution in [0.3, 0.4) is 0 Å². The Morgan fingerprint density at radius 3 is 2.07 bits per heavy atom. The number of carboxylic acids is 1. The summed E-state index contributed by atoms with van der Waals surface area (Å²) in [6.07, 6.45) is -1.51. The molecule has 1 fully saturated rings. The molecule has 1 rings (SSSR count). The summed E-state index contributed by atoms with van der Waals surface area (Å²) in [6.45, 7) is 0. The first kappa shape index (κ1) is 10.6. The third-order valence-corrected chi connectivity index (χ3v) is 2.00. The zero-order valence-corrected chi connectivity index (χ0v) is 7.40. The molecule has 0 aromatic heterocycles. The molecule has 1 aliphatic rings. The number of hydrogen-bond donors (Lipinski definition) is 1. The largest absolute Gasteiger partial charge is 0.478 e. The number of aliphatic carboxylic acids is 1. The van der Waals surface area contributed by atoms with Gasteiger partial charge in [0.25, 0.3) is 6.30 Å². The third kappa shape index (κ3) is 2.07. The van der Waals surface area contributed by atoms with Crippen LogP contribution in [0.25, 0.3) is 0 Å². The highest BCUT2D eigenvalue weighted by atomic mass is 19.1. The molecule has 1 N–H and O–H groups in total. The lowest BCUT2D eigenvalue weighted by atomic mass is 10.2. The van der Waals surface area contributed by atoms with Crippen molar-refractivity contribution in [1.29, 1.82) is 0 Å². The molecule has 0 aromatic carbocycles. The van der Waals surface area contributed by atoms with Crippen LogP contribution in [0, 0.1) is 0 Å². The van der Waals surface area contributed by atoms with Crippen LogP contribution in [-0.4, -0.2) is 34.1 Å². The van der Waals surface area contributed by atoms with Crippen LogP contribution in [0.5, 0.6) is 0 Å². The minimum absolute atomic E-state index is 0.0272. The van der Waals surface area contributed by atoms with Crippen molar-refractivity contribution in [1.82, 2.24) is 4.90 Å². The van der Waals surface area contributed by atoms with E-state index in [2.05, 4.69) is 0 Å². The fraction of sp³-hybridized carbons (Fsp3) is 0.625. The molecule has 0 bridgehead atoms. The molecule has 1 saturated heterocycles. The minimum Gasteiger partial charge on any atom is -0.478 e.